The van der Waals surface area contributed by atoms with E-state index in [0.717, 1.165) is 6.92 Å². The van der Waals surface area contributed by atoms with Gasteiger partial charge in [0.15, 0.2) is 0 Å². The van der Waals surface area contributed by atoms with Gasteiger partial charge in [-0.15, -0.1) is 0 Å². The van der Waals surface area contributed by atoms with Crippen LogP contribution >= 0.6 is 0 Å². The third-order valence-corrected chi connectivity index (χ3v) is 3.56. The Kier molecular flexibility index (Phi) is 8.27. The van der Waals surface area contributed by atoms with Crippen molar-refractivity contribution >= 4 is 11.9 Å². The second kappa shape index (κ2) is 8.92. The lowest BCUT2D eigenvalue weighted by Crippen LogP contribution is -2.66. The average molecular weight is 508 g/mol. The molecule has 0 aliphatic rings. The van der Waals surface area contributed by atoms with Crippen molar-refractivity contribution < 1.29 is 80.5 Å². The molecular weight excluding hydrogens is 498 g/mol. The summed E-state index contributed by atoms with van der Waals surface area (Å²) in [5.41, 5.74) is -6.67. The number of esters is 2. The van der Waals surface area contributed by atoms with E-state index in [4.69, 9.17) is 0 Å². The van der Waals surface area contributed by atoms with Gasteiger partial charge in [-0.1, -0.05) is 6.58 Å². The van der Waals surface area contributed by atoms with Gasteiger partial charge in [0, 0.05) is 12.0 Å². The topological polar surface area (TPSA) is 52.6 Å². The number of alkyl halides is 14. The molecule has 0 saturated heterocycles. The van der Waals surface area contributed by atoms with Gasteiger partial charge >= 0.3 is 54.1 Å². The van der Waals surface area contributed by atoms with Crippen molar-refractivity contribution in [1.82, 2.24) is 0 Å². The van der Waals surface area contributed by atoms with E-state index in [2.05, 4.69) is 16.1 Å². The van der Waals surface area contributed by atoms with Crippen LogP contribution in [0.15, 0.2) is 12.2 Å². The molecule has 32 heavy (non-hydrogen) atoms. The van der Waals surface area contributed by atoms with E-state index in [0.29, 0.717) is 0 Å². The Labute approximate surface area is 168 Å². The van der Waals surface area contributed by atoms with Gasteiger partial charge in [-0.2, -0.15) is 52.7 Å². The van der Waals surface area contributed by atoms with E-state index in [1.807, 2.05) is 0 Å². The van der Waals surface area contributed by atoms with Gasteiger partial charge in [0.2, 0.25) is 0 Å². The van der Waals surface area contributed by atoms with Crippen LogP contribution in [0.2, 0.25) is 0 Å². The van der Waals surface area contributed by atoms with Crippen LogP contribution in [-0.2, 0) is 19.1 Å². The zero-order chi connectivity index (χ0) is 26.1. The first-order valence-electron chi connectivity index (χ1n) is 7.51. The van der Waals surface area contributed by atoms with Crippen LogP contribution in [0, 0.1) is 0 Å². The SMILES string of the molecule is C=C(C)C(=O)OCCC(OC(=O)C(F)(F)C(F)(F)C(F)(F)C(F)F)(C(F)(F)F)C(F)(F)F. The first kappa shape index (κ1) is 29.7. The summed E-state index contributed by atoms with van der Waals surface area (Å²) in [5.74, 6) is -28.0. The predicted octanol–water partition coefficient (Wildman–Crippen LogP) is 5.07. The summed E-state index contributed by atoms with van der Waals surface area (Å²) in [4.78, 5) is 22.2. The van der Waals surface area contributed by atoms with E-state index >= 15 is 0 Å². The summed E-state index contributed by atoms with van der Waals surface area (Å²) in [6.07, 6.45) is -22.2. The Morgan fingerprint density at radius 2 is 1.25 bits per heavy atom. The number of rotatable bonds is 9. The van der Waals surface area contributed by atoms with E-state index in [1.165, 1.54) is 0 Å². The van der Waals surface area contributed by atoms with Crippen LogP contribution in [-0.4, -0.2) is 60.7 Å². The first-order valence-corrected chi connectivity index (χ1v) is 7.51. The van der Waals surface area contributed by atoms with E-state index < -0.39 is 72.7 Å². The van der Waals surface area contributed by atoms with Gasteiger partial charge in [0.05, 0.1) is 6.61 Å². The monoisotopic (exact) mass is 508 g/mol. The molecule has 0 aromatic carbocycles. The lowest BCUT2D eigenvalue weighted by molar-refractivity contribution is -0.384. The standard InChI is InChI=1S/C14H10F14O4/c1-5(2)6(29)31-4-3-9(13(23,24)25,14(26,27)28)32-8(30)11(19,20)12(21,22)10(17,18)7(15)16/h7H,1,3-4H2,2H3. The smallest absolute Gasteiger partial charge is 0.437 e. The number of hydrogen-bond donors (Lipinski definition) is 0. The Bertz CT molecular complexity index is 708. The minimum atomic E-state index is -7.49. The fraction of sp³-hybridized carbons (Fsp3) is 0.714. The number of halogens is 14. The molecule has 0 heterocycles. The fourth-order valence-electron chi connectivity index (χ4n) is 1.72. The molecule has 0 rings (SSSR count). The maximum atomic E-state index is 13.4. The zero-order valence-electron chi connectivity index (χ0n) is 15.1. The molecule has 0 unspecified atom stereocenters. The summed E-state index contributed by atoms with van der Waals surface area (Å²) in [6, 6.07) is 0. The quantitative estimate of drug-likeness (QED) is 0.248. The van der Waals surface area contributed by atoms with Gasteiger partial charge in [0.25, 0.3) is 0 Å². The molecule has 0 aliphatic heterocycles. The average Bonchev–Trinajstić information content (AvgIpc) is 2.57. The molecule has 4 nitrogen and oxygen atoms in total. The Hall–Kier alpha value is -2.30. The van der Waals surface area contributed by atoms with Crippen molar-refractivity contribution in [3.05, 3.63) is 12.2 Å². The van der Waals surface area contributed by atoms with Crippen molar-refractivity contribution in [3.63, 3.8) is 0 Å². The first-order chi connectivity index (χ1) is 13.9. The molecule has 0 spiro atoms. The third kappa shape index (κ3) is 5.19. The minimum absolute atomic E-state index is 0.577. The summed E-state index contributed by atoms with van der Waals surface area (Å²) >= 11 is 0. The van der Waals surface area contributed by atoms with Gasteiger partial charge in [0.1, 0.15) is 0 Å². The molecule has 0 bridgehead atoms. The molecule has 0 N–H and O–H groups in total. The molecule has 18 heteroatoms. The lowest BCUT2D eigenvalue weighted by Gasteiger charge is -2.38. The highest BCUT2D eigenvalue weighted by atomic mass is 19.4. The lowest BCUT2D eigenvalue weighted by atomic mass is 9.97. The zero-order valence-corrected chi connectivity index (χ0v) is 15.1. The molecule has 0 aliphatic carbocycles. The minimum Gasteiger partial charge on any atom is -0.462 e. The van der Waals surface area contributed by atoms with Gasteiger partial charge in [-0.25, -0.2) is 18.4 Å². The summed E-state index contributed by atoms with van der Waals surface area (Å²) < 4.78 is 188. The largest absolute Gasteiger partial charge is 0.462 e. The molecule has 0 saturated carbocycles. The van der Waals surface area contributed by atoms with E-state index in [-0.39, 0.29) is 0 Å². The number of carbonyl (C=O) groups is 2. The van der Waals surface area contributed by atoms with Gasteiger partial charge in [-0.3, -0.25) is 0 Å². The summed E-state index contributed by atoms with van der Waals surface area (Å²) in [6.45, 7) is 1.78. The van der Waals surface area contributed by atoms with Crippen molar-refractivity contribution in [1.29, 1.82) is 0 Å². The highest BCUT2D eigenvalue weighted by Gasteiger charge is 2.81. The van der Waals surface area contributed by atoms with Crippen molar-refractivity contribution in [2.45, 2.75) is 55.5 Å². The van der Waals surface area contributed by atoms with E-state index in [1.54, 1.807) is 0 Å². The van der Waals surface area contributed by atoms with Crippen molar-refractivity contribution in [2.75, 3.05) is 6.61 Å². The van der Waals surface area contributed by atoms with E-state index in [9.17, 15) is 71.1 Å². The van der Waals surface area contributed by atoms with Crippen molar-refractivity contribution in [3.8, 4) is 0 Å². The predicted molar refractivity (Wildman–Crippen MR) is 72.2 cm³/mol. The number of ether oxygens (including phenoxy) is 2. The Morgan fingerprint density at radius 3 is 1.56 bits per heavy atom. The highest BCUT2D eigenvalue weighted by Crippen LogP contribution is 2.52. The molecule has 0 radical (unpaired) electrons. The van der Waals surface area contributed by atoms with Crippen LogP contribution in [0.5, 0.6) is 0 Å². The summed E-state index contributed by atoms with van der Waals surface area (Å²) in [7, 11) is 0. The van der Waals surface area contributed by atoms with Crippen LogP contribution in [0.1, 0.15) is 13.3 Å². The Balaban J connectivity index is 6.34. The van der Waals surface area contributed by atoms with Crippen LogP contribution < -0.4 is 0 Å². The van der Waals surface area contributed by atoms with Gasteiger partial charge in [-0.05, 0) is 6.92 Å². The molecule has 188 valence electrons. The molecule has 0 aromatic heterocycles. The normalized spacial score (nSPS) is 14.4. The van der Waals surface area contributed by atoms with Crippen LogP contribution in [0.25, 0.3) is 0 Å². The molecular formula is C14H10F14O4. The molecule has 0 aromatic rings. The molecule has 0 fully saturated rings. The molecule has 0 atom stereocenters. The highest BCUT2D eigenvalue weighted by molar-refractivity contribution is 5.86. The van der Waals surface area contributed by atoms with Gasteiger partial charge < -0.3 is 9.47 Å². The molecule has 0 amide bonds. The van der Waals surface area contributed by atoms with Crippen LogP contribution in [0.3, 0.4) is 0 Å². The maximum absolute atomic E-state index is 13.4. The maximum Gasteiger partial charge on any atom is 0.437 e. The number of carbonyl (C=O) groups excluding carboxylic acids is 2. The second-order valence-corrected chi connectivity index (χ2v) is 5.95. The van der Waals surface area contributed by atoms with Crippen LogP contribution in [0.4, 0.5) is 61.5 Å². The Morgan fingerprint density at radius 1 is 0.844 bits per heavy atom. The fourth-order valence-corrected chi connectivity index (χ4v) is 1.72. The van der Waals surface area contributed by atoms with Crippen molar-refractivity contribution in [2.24, 2.45) is 0 Å². The number of hydrogen-bond acceptors (Lipinski definition) is 4. The summed E-state index contributed by atoms with van der Waals surface area (Å²) in [5, 5.41) is 0. The third-order valence-electron chi connectivity index (χ3n) is 3.56. The second-order valence-electron chi connectivity index (χ2n) is 5.95.